The van der Waals surface area contributed by atoms with Crippen molar-refractivity contribution in [1.82, 2.24) is 0 Å². The summed E-state index contributed by atoms with van der Waals surface area (Å²) < 4.78 is 32.5. The Morgan fingerprint density at radius 2 is 1.08 bits per heavy atom. The van der Waals surface area contributed by atoms with Gasteiger partial charge in [0.15, 0.2) is 6.10 Å². The second-order valence-corrected chi connectivity index (χ2v) is 14.2. The molecule has 0 aromatic heterocycles. The van der Waals surface area contributed by atoms with E-state index in [-0.39, 0.29) is 19.4 Å². The van der Waals surface area contributed by atoms with Crippen molar-refractivity contribution in [2.45, 2.75) is 167 Å². The lowest BCUT2D eigenvalue weighted by Crippen LogP contribution is -2.34. The average molecular weight is 730 g/mol. The first-order chi connectivity index (χ1) is 24.1. The number of unbranched alkanes of at least 4 members (excludes halogenated alkanes) is 16. The van der Waals surface area contributed by atoms with Crippen LogP contribution in [-0.4, -0.2) is 59.9 Å². The van der Waals surface area contributed by atoms with Gasteiger partial charge in [-0.15, -0.1) is 0 Å². The Morgan fingerprint density at radius 1 is 0.620 bits per heavy atom. The maximum Gasteiger partial charge on any atom is 0.472 e. The van der Waals surface area contributed by atoms with Crippen molar-refractivity contribution in [3.63, 3.8) is 0 Å². The van der Waals surface area contributed by atoms with Gasteiger partial charge in [-0.1, -0.05) is 121 Å². The third-order valence-electron chi connectivity index (χ3n) is 7.89. The minimum atomic E-state index is -4.71. The van der Waals surface area contributed by atoms with Gasteiger partial charge in [0.2, 0.25) is 0 Å². The van der Waals surface area contributed by atoms with Crippen LogP contribution in [0.5, 0.6) is 0 Å². The van der Waals surface area contributed by atoms with E-state index in [0.29, 0.717) is 12.8 Å². The van der Waals surface area contributed by atoms with Crippen LogP contribution in [0.4, 0.5) is 0 Å². The van der Waals surface area contributed by atoms with Crippen molar-refractivity contribution >= 4 is 25.7 Å². The number of carboxylic acid groups (broad SMARTS) is 1. The summed E-state index contributed by atoms with van der Waals surface area (Å²) in [6, 6.07) is -1.52. The molecule has 0 saturated carbocycles. The lowest BCUT2D eigenvalue weighted by Gasteiger charge is -2.20. The summed E-state index contributed by atoms with van der Waals surface area (Å²) >= 11 is 0. The molecule has 0 rings (SSSR count). The summed E-state index contributed by atoms with van der Waals surface area (Å²) in [6.45, 7) is 2.69. The zero-order valence-corrected chi connectivity index (χ0v) is 31.9. The minimum absolute atomic E-state index is 0.147. The molecule has 0 fully saturated rings. The monoisotopic (exact) mass is 729 g/mol. The second-order valence-electron chi connectivity index (χ2n) is 12.7. The molecule has 0 aliphatic rings. The number of nitrogens with two attached hydrogens (primary N) is 1. The van der Waals surface area contributed by atoms with E-state index in [1.165, 1.54) is 38.5 Å². The standard InChI is InChI=1S/C38H68NO10P/c1-3-5-7-9-11-13-15-16-17-18-20-21-23-25-27-29-36(40)46-31-34(32-47-50(44,45)48-33-35(39)38(42)43)49-37(41)30-28-26-24-22-19-14-12-10-8-6-4-2/h10,12-13,15-17,34-35H,3-9,11,14,18-33,39H2,1-2H3,(H,42,43)(H,44,45)/b12-10+,15-13+,17-16+/t34-,35+/m1/s1. The van der Waals surface area contributed by atoms with Gasteiger partial charge in [-0.2, -0.15) is 0 Å². The van der Waals surface area contributed by atoms with Crippen molar-refractivity contribution in [3.8, 4) is 0 Å². The number of phosphoric ester groups is 1. The molecule has 0 bridgehead atoms. The third kappa shape index (κ3) is 32.9. The van der Waals surface area contributed by atoms with Crippen LogP contribution in [0.3, 0.4) is 0 Å². The average Bonchev–Trinajstić information content (AvgIpc) is 3.09. The zero-order chi connectivity index (χ0) is 37.1. The van der Waals surface area contributed by atoms with Gasteiger partial charge in [0, 0.05) is 12.8 Å². The van der Waals surface area contributed by atoms with Crippen molar-refractivity contribution in [2.75, 3.05) is 19.8 Å². The molecule has 50 heavy (non-hydrogen) atoms. The predicted molar refractivity (Wildman–Crippen MR) is 199 cm³/mol. The molecule has 12 heteroatoms. The van der Waals surface area contributed by atoms with Crippen molar-refractivity contribution < 1.29 is 47.5 Å². The van der Waals surface area contributed by atoms with Gasteiger partial charge in [0.1, 0.15) is 12.6 Å². The maximum atomic E-state index is 12.5. The molecule has 0 saturated heterocycles. The number of esters is 2. The van der Waals surface area contributed by atoms with E-state index >= 15 is 0 Å². The van der Waals surface area contributed by atoms with Crippen LogP contribution >= 0.6 is 7.82 Å². The first kappa shape index (κ1) is 47.7. The van der Waals surface area contributed by atoms with Gasteiger partial charge in [0.25, 0.3) is 0 Å². The number of hydrogen-bond donors (Lipinski definition) is 3. The van der Waals surface area contributed by atoms with Crippen LogP contribution in [0.1, 0.15) is 155 Å². The highest BCUT2D eigenvalue weighted by atomic mass is 31.2. The number of ether oxygens (including phenoxy) is 2. The Balaban J connectivity index is 4.47. The molecule has 0 amide bonds. The number of carbonyl (C=O) groups excluding carboxylic acids is 2. The Labute approximate surface area is 302 Å². The van der Waals surface area contributed by atoms with Crippen LogP contribution in [0.2, 0.25) is 0 Å². The number of carbonyl (C=O) groups is 3. The van der Waals surface area contributed by atoms with Gasteiger partial charge in [-0.3, -0.25) is 23.4 Å². The number of rotatable bonds is 35. The summed E-state index contributed by atoms with van der Waals surface area (Å²) in [6.07, 6.45) is 33.6. The van der Waals surface area contributed by atoms with Crippen LogP contribution in [0, 0.1) is 0 Å². The Hall–Kier alpha value is -2.30. The number of allylic oxidation sites excluding steroid dienone is 6. The normalized spacial score (nSPS) is 14.3. The molecule has 4 N–H and O–H groups in total. The van der Waals surface area contributed by atoms with Crippen molar-refractivity contribution in [1.29, 1.82) is 0 Å². The molecule has 11 nitrogen and oxygen atoms in total. The first-order valence-electron chi connectivity index (χ1n) is 19.0. The summed E-state index contributed by atoms with van der Waals surface area (Å²) in [4.78, 5) is 45.7. The van der Waals surface area contributed by atoms with Gasteiger partial charge in [0.05, 0.1) is 13.2 Å². The third-order valence-corrected chi connectivity index (χ3v) is 8.84. The van der Waals surface area contributed by atoms with E-state index in [0.717, 1.165) is 77.0 Å². The van der Waals surface area contributed by atoms with Crippen LogP contribution in [0.15, 0.2) is 36.5 Å². The van der Waals surface area contributed by atoms with Crippen LogP contribution in [-0.2, 0) is 37.5 Å². The van der Waals surface area contributed by atoms with E-state index < -0.39 is 51.1 Å². The molecule has 0 aromatic carbocycles. The number of hydrogen-bond acceptors (Lipinski definition) is 9. The van der Waals surface area contributed by atoms with E-state index in [9.17, 15) is 23.8 Å². The summed E-state index contributed by atoms with van der Waals surface area (Å²) in [5, 5.41) is 8.85. The van der Waals surface area contributed by atoms with Gasteiger partial charge < -0.3 is 25.2 Å². The molecule has 0 aromatic rings. The molecular weight excluding hydrogens is 661 g/mol. The van der Waals surface area contributed by atoms with Gasteiger partial charge in [-0.25, -0.2) is 4.57 Å². The SMILES string of the molecule is CCCC/C=C/CCCCCCCC(=O)O[C@H](COC(=O)CCCCCCC/C=C/C=C/CCCCCC)COP(=O)(O)OC[C@H](N)C(=O)O. The first-order valence-corrected chi connectivity index (χ1v) is 20.5. The van der Waals surface area contributed by atoms with E-state index in [4.69, 9.17) is 24.8 Å². The highest BCUT2D eigenvalue weighted by Gasteiger charge is 2.28. The fourth-order valence-electron chi connectivity index (χ4n) is 4.80. The predicted octanol–water partition coefficient (Wildman–Crippen LogP) is 9.28. The van der Waals surface area contributed by atoms with Crippen LogP contribution in [0.25, 0.3) is 0 Å². The lowest BCUT2D eigenvalue weighted by atomic mass is 10.1. The minimum Gasteiger partial charge on any atom is -0.480 e. The topological polar surface area (TPSA) is 172 Å². The molecule has 3 atom stereocenters. The summed E-state index contributed by atoms with van der Waals surface area (Å²) in [5.74, 6) is -2.42. The number of phosphoric acid groups is 1. The summed E-state index contributed by atoms with van der Waals surface area (Å²) in [7, 11) is -4.71. The lowest BCUT2D eigenvalue weighted by molar-refractivity contribution is -0.161. The largest absolute Gasteiger partial charge is 0.480 e. The van der Waals surface area contributed by atoms with E-state index in [1.54, 1.807) is 0 Å². The quantitative estimate of drug-likeness (QED) is 0.0187. The molecule has 0 heterocycles. The van der Waals surface area contributed by atoms with Crippen molar-refractivity contribution in [3.05, 3.63) is 36.5 Å². The zero-order valence-electron chi connectivity index (χ0n) is 31.0. The number of aliphatic carboxylic acids is 1. The highest BCUT2D eigenvalue weighted by Crippen LogP contribution is 2.43. The smallest absolute Gasteiger partial charge is 0.472 e. The van der Waals surface area contributed by atoms with Gasteiger partial charge in [-0.05, 0) is 57.8 Å². The van der Waals surface area contributed by atoms with Gasteiger partial charge >= 0.3 is 25.7 Å². The molecule has 0 aliphatic carbocycles. The van der Waals surface area contributed by atoms with E-state index in [1.807, 2.05) is 0 Å². The Morgan fingerprint density at radius 3 is 1.64 bits per heavy atom. The second kappa shape index (κ2) is 33.8. The molecule has 0 radical (unpaired) electrons. The van der Waals surface area contributed by atoms with Crippen molar-refractivity contribution in [2.24, 2.45) is 5.73 Å². The molecule has 0 aliphatic heterocycles. The van der Waals surface area contributed by atoms with E-state index in [2.05, 4.69) is 54.8 Å². The molecule has 0 spiro atoms. The molecule has 290 valence electrons. The Kier molecular flexibility index (Phi) is 32.3. The fraction of sp³-hybridized carbons (Fsp3) is 0.763. The van der Waals surface area contributed by atoms with Crippen LogP contribution < -0.4 is 5.73 Å². The molecule has 1 unspecified atom stereocenters. The number of carboxylic acids is 1. The Bertz CT molecular complexity index is 1000. The summed E-state index contributed by atoms with van der Waals surface area (Å²) in [5.41, 5.74) is 5.31. The fourth-order valence-corrected chi connectivity index (χ4v) is 5.58. The molecular formula is C38H68NO10P. The maximum absolute atomic E-state index is 12.5. The highest BCUT2D eigenvalue weighted by molar-refractivity contribution is 7.47.